The van der Waals surface area contributed by atoms with Gasteiger partial charge in [-0.1, -0.05) is 388 Å². The predicted molar refractivity (Wildman–Crippen MR) is 546 cm³/mol. The number of rotatable bonds is 10. The molecule has 2 aliphatic rings. The summed E-state index contributed by atoms with van der Waals surface area (Å²) in [4.78, 5) is 0. The zero-order valence-electron chi connectivity index (χ0n) is 71.0. The van der Waals surface area contributed by atoms with Gasteiger partial charge in [0.05, 0.1) is 77.7 Å². The van der Waals surface area contributed by atoms with Crippen LogP contribution in [0.2, 0.25) is 0 Å². The van der Waals surface area contributed by atoms with E-state index in [9.17, 15) is 0 Å². The van der Waals surface area contributed by atoms with E-state index in [-0.39, 0.29) is 0 Å². The minimum Gasteiger partial charge on any atom is -0.309 e. The van der Waals surface area contributed by atoms with Crippen molar-refractivity contribution in [1.29, 1.82) is 0 Å². The van der Waals surface area contributed by atoms with Gasteiger partial charge in [0.1, 0.15) is 0 Å². The fraction of sp³-hybridized carbons (Fsp3) is 0.0159. The van der Waals surface area contributed by atoms with Gasteiger partial charge in [0, 0.05) is 64.6 Å². The van der Waals surface area contributed by atoms with Crippen molar-refractivity contribution in [3.05, 3.63) is 530 Å². The summed E-state index contributed by atoms with van der Waals surface area (Å²) in [6.07, 6.45) is 0. The van der Waals surface area contributed by atoms with Crippen LogP contribution >= 0.6 is 0 Å². The Balaban J connectivity index is 0.000000134. The Labute approximate surface area is 751 Å². The second-order valence-electron chi connectivity index (χ2n) is 35.1. The van der Waals surface area contributed by atoms with Gasteiger partial charge in [-0.15, -0.1) is 0 Å². The van der Waals surface area contributed by atoms with Crippen LogP contribution in [0.25, 0.3) is 198 Å². The Kier molecular flexibility index (Phi) is 16.3. The Hall–Kier alpha value is -16.9. The monoisotopic (exact) mass is 1650 g/mol. The number of nitrogens with zero attached hydrogens (tertiary/aromatic N) is 4. The third-order valence-corrected chi connectivity index (χ3v) is 28.7. The van der Waals surface area contributed by atoms with Crippen molar-refractivity contribution < 1.29 is 0 Å². The molecule has 4 heteroatoms. The van der Waals surface area contributed by atoms with Gasteiger partial charge in [-0.05, 0) is 208 Å². The topological polar surface area (TPSA) is 19.7 Å². The highest BCUT2D eigenvalue weighted by atomic mass is 15.0. The SMILES string of the molecule is c1ccc(C2(c3ccccc3)c3ccccc3-c3c2ccc2c3c3cc(-c4ccc5c(c4)c4ccccc4n5-c4cccc5ccccc45)ccc3n2-c2cccc3ccccc23)cc1.c1ccc(C2(c3ccccc3)c3ccccc3-c3ccc4c(c32)c2cc(-c3ccc5c(c3)c3ccccc3n5-c3cccc5ccccc35)ccc2n4-c2cccc3ccccc23)cc1. The number of hydrogen-bond donors (Lipinski definition) is 0. The zero-order chi connectivity index (χ0) is 85.3. The number of hydrogen-bond acceptors (Lipinski definition) is 0. The maximum atomic E-state index is 2.53. The molecule has 0 saturated carbocycles. The fourth-order valence-electron chi connectivity index (χ4n) is 23.4. The van der Waals surface area contributed by atoms with E-state index in [0.717, 1.165) is 0 Å². The highest BCUT2D eigenvalue weighted by Crippen LogP contribution is 2.62. The Morgan fingerprint density at radius 2 is 0.438 bits per heavy atom. The largest absolute Gasteiger partial charge is 0.309 e. The maximum absolute atomic E-state index is 2.53. The molecular weight excluding hydrogens is 1570 g/mol. The molecule has 130 heavy (non-hydrogen) atoms. The van der Waals surface area contributed by atoms with Crippen LogP contribution in [0.4, 0.5) is 0 Å². The van der Waals surface area contributed by atoms with Gasteiger partial charge >= 0.3 is 0 Å². The van der Waals surface area contributed by atoms with Crippen LogP contribution in [0.15, 0.2) is 485 Å². The lowest BCUT2D eigenvalue weighted by atomic mass is 9.67. The molecule has 0 bridgehead atoms. The summed E-state index contributed by atoms with van der Waals surface area (Å²) in [5, 5.41) is 19.9. The molecular formula is C126H80N4. The van der Waals surface area contributed by atoms with Crippen LogP contribution in [0, 0.1) is 0 Å². The van der Waals surface area contributed by atoms with Gasteiger partial charge in [0.15, 0.2) is 0 Å². The van der Waals surface area contributed by atoms with Crippen LogP contribution in [-0.2, 0) is 10.8 Å². The number of para-hydroxylation sites is 2. The molecule has 26 aromatic rings. The number of aromatic nitrogens is 4. The first-order valence-corrected chi connectivity index (χ1v) is 45.2. The average Bonchev–Trinajstić information content (AvgIpc) is 1.52. The standard InChI is InChI=1S/2C63H40N2/c1-3-21-45(22-4-1)63(46-23-5-2-6-24-46)53-29-13-11-28-50(53)61-54(63)35-38-60-62(61)52-40-44(34-37-59(52)65(60)56-32-16-20-42-18-8-10-26-48(42)56)43-33-36-58-51(39-43)49-27-12-14-30-57(49)64(58)55-31-15-19-41-17-7-9-25-47(41)55;1-3-21-45(22-4-1)63(46-23-5-2-6-24-46)54-29-13-11-27-49(54)51-35-38-60-61(62(51)63)53-40-44(34-37-59(53)65(60)56-32-16-20-42-18-8-10-26-48(42)56)43-33-36-58-52(39-43)50-28-12-14-30-57(50)64(58)55-31-15-19-41-17-7-9-25-47(41)55/h2*1-40H. The Bertz CT molecular complexity index is 9080. The lowest BCUT2D eigenvalue weighted by Gasteiger charge is -2.34. The molecule has 2 aliphatic carbocycles. The quantitative estimate of drug-likeness (QED) is 0.130. The van der Waals surface area contributed by atoms with E-state index in [1.54, 1.807) is 0 Å². The molecule has 4 heterocycles. The van der Waals surface area contributed by atoms with Gasteiger partial charge < -0.3 is 18.3 Å². The molecule has 0 saturated heterocycles. The molecule has 4 nitrogen and oxygen atoms in total. The molecule has 0 spiro atoms. The summed E-state index contributed by atoms with van der Waals surface area (Å²) in [5.74, 6) is 0. The van der Waals surface area contributed by atoms with E-state index in [1.165, 1.54) is 242 Å². The summed E-state index contributed by atoms with van der Waals surface area (Å²) >= 11 is 0. The summed E-state index contributed by atoms with van der Waals surface area (Å²) in [7, 11) is 0. The van der Waals surface area contributed by atoms with Crippen LogP contribution in [-0.4, -0.2) is 18.3 Å². The van der Waals surface area contributed by atoms with Crippen molar-refractivity contribution in [2.75, 3.05) is 0 Å². The molecule has 0 unspecified atom stereocenters. The lowest BCUT2D eigenvalue weighted by molar-refractivity contribution is 0.769. The minimum atomic E-state index is -0.565. The van der Waals surface area contributed by atoms with E-state index in [1.807, 2.05) is 0 Å². The van der Waals surface area contributed by atoms with Crippen molar-refractivity contribution in [2.45, 2.75) is 10.8 Å². The van der Waals surface area contributed by atoms with Gasteiger partial charge in [-0.2, -0.15) is 0 Å². The van der Waals surface area contributed by atoms with Gasteiger partial charge in [-0.3, -0.25) is 0 Å². The first kappa shape index (κ1) is 73.4. The Morgan fingerprint density at radius 1 is 0.154 bits per heavy atom. The molecule has 0 aliphatic heterocycles. The first-order chi connectivity index (χ1) is 64.5. The lowest BCUT2D eigenvalue weighted by Crippen LogP contribution is -2.28. The minimum absolute atomic E-state index is 0.503. The molecule has 604 valence electrons. The number of benzene rings is 22. The third-order valence-electron chi connectivity index (χ3n) is 28.7. The van der Waals surface area contributed by atoms with Crippen molar-refractivity contribution in [3.8, 4) is 67.3 Å². The van der Waals surface area contributed by atoms with Crippen molar-refractivity contribution in [1.82, 2.24) is 18.3 Å². The van der Waals surface area contributed by atoms with Gasteiger partial charge in [0.25, 0.3) is 0 Å². The maximum Gasteiger partial charge on any atom is 0.0720 e. The van der Waals surface area contributed by atoms with Crippen LogP contribution in [0.1, 0.15) is 44.5 Å². The van der Waals surface area contributed by atoms with Crippen LogP contribution < -0.4 is 0 Å². The molecule has 22 aromatic carbocycles. The highest BCUT2D eigenvalue weighted by Gasteiger charge is 2.50. The van der Waals surface area contributed by atoms with Gasteiger partial charge in [-0.25, -0.2) is 0 Å². The molecule has 0 radical (unpaired) electrons. The smallest absolute Gasteiger partial charge is 0.0720 e. The molecule has 4 aromatic heterocycles. The van der Waals surface area contributed by atoms with E-state index in [0.29, 0.717) is 0 Å². The normalized spacial score (nSPS) is 13.0. The highest BCUT2D eigenvalue weighted by molar-refractivity contribution is 6.22. The second kappa shape index (κ2) is 28.8. The van der Waals surface area contributed by atoms with Crippen molar-refractivity contribution >= 4 is 130 Å². The molecule has 0 atom stereocenters. The van der Waals surface area contributed by atoms with Crippen molar-refractivity contribution in [2.24, 2.45) is 0 Å². The molecule has 0 N–H and O–H groups in total. The summed E-state index contributed by atoms with van der Waals surface area (Å²) in [6.45, 7) is 0. The van der Waals surface area contributed by atoms with E-state index < -0.39 is 10.8 Å². The van der Waals surface area contributed by atoms with Gasteiger partial charge in [0.2, 0.25) is 0 Å². The first-order valence-electron chi connectivity index (χ1n) is 45.2. The van der Waals surface area contributed by atoms with Crippen LogP contribution in [0.5, 0.6) is 0 Å². The second-order valence-corrected chi connectivity index (χ2v) is 35.1. The summed E-state index contributed by atoms with van der Waals surface area (Å²) in [5.41, 5.74) is 33.6. The van der Waals surface area contributed by atoms with E-state index >= 15 is 0 Å². The Morgan fingerprint density at radius 3 is 0.862 bits per heavy atom. The van der Waals surface area contributed by atoms with E-state index in [4.69, 9.17) is 0 Å². The predicted octanol–water partition coefficient (Wildman–Crippen LogP) is 32.4. The molecule has 0 fully saturated rings. The van der Waals surface area contributed by atoms with E-state index in [2.05, 4.69) is 504 Å². The third kappa shape index (κ3) is 10.6. The van der Waals surface area contributed by atoms with Crippen LogP contribution in [0.3, 0.4) is 0 Å². The summed E-state index contributed by atoms with van der Waals surface area (Å²) in [6, 6.07) is 180. The zero-order valence-corrected chi connectivity index (χ0v) is 71.0. The summed E-state index contributed by atoms with van der Waals surface area (Å²) < 4.78 is 9.95. The number of fused-ring (bicyclic) bond motifs is 24. The fourth-order valence-corrected chi connectivity index (χ4v) is 23.4. The average molecular weight is 1650 g/mol. The molecule has 0 amide bonds. The van der Waals surface area contributed by atoms with Crippen molar-refractivity contribution in [3.63, 3.8) is 0 Å². The molecule has 28 rings (SSSR count).